The van der Waals surface area contributed by atoms with Crippen LogP contribution in [0.1, 0.15) is 18.1 Å². The van der Waals surface area contributed by atoms with Crippen molar-refractivity contribution >= 4 is 21.4 Å². The highest BCUT2D eigenvalue weighted by molar-refractivity contribution is 7.90. The second-order valence-corrected chi connectivity index (χ2v) is 7.80. The topological polar surface area (TPSA) is 54.4 Å². The molecule has 3 nitrogen and oxygen atoms in total. The van der Waals surface area contributed by atoms with Gasteiger partial charge in [-0.2, -0.15) is 0 Å². The minimum atomic E-state index is -3.43. The summed E-state index contributed by atoms with van der Waals surface area (Å²) in [6, 6.07) is 15.5. The summed E-state index contributed by atoms with van der Waals surface area (Å²) < 4.78 is 24.5. The normalized spacial score (nSPS) is 14.6. The van der Waals surface area contributed by atoms with E-state index in [2.05, 4.69) is 0 Å². The molecule has 1 N–H and O–H groups in total. The average Bonchev–Trinajstić information content (AvgIpc) is 2.38. The van der Waals surface area contributed by atoms with Crippen LogP contribution in [0.5, 0.6) is 0 Å². The van der Waals surface area contributed by atoms with Gasteiger partial charge in [0.05, 0.1) is 11.5 Å². The van der Waals surface area contributed by atoms with Gasteiger partial charge in [-0.05, 0) is 30.2 Å². The van der Waals surface area contributed by atoms with Crippen LogP contribution < -0.4 is 0 Å². The maximum absolute atomic E-state index is 12.3. The zero-order chi connectivity index (χ0) is 15.5. The highest BCUT2D eigenvalue weighted by atomic mass is 35.5. The molecule has 0 aliphatic carbocycles. The van der Waals surface area contributed by atoms with Gasteiger partial charge < -0.3 is 5.11 Å². The predicted molar refractivity (Wildman–Crippen MR) is 85.0 cm³/mol. The number of hydrogen-bond acceptors (Lipinski definition) is 3. The first kappa shape index (κ1) is 16.0. The van der Waals surface area contributed by atoms with E-state index in [1.807, 2.05) is 6.07 Å². The van der Waals surface area contributed by atoms with Crippen molar-refractivity contribution in [3.8, 4) is 0 Å². The van der Waals surface area contributed by atoms with Crippen LogP contribution in [0.3, 0.4) is 0 Å². The van der Waals surface area contributed by atoms with Crippen LogP contribution in [-0.4, -0.2) is 19.3 Å². The quantitative estimate of drug-likeness (QED) is 0.919. The van der Waals surface area contributed by atoms with E-state index in [4.69, 9.17) is 11.6 Å². The minimum Gasteiger partial charge on any atom is -0.384 e. The second kappa shape index (κ2) is 6.18. The van der Waals surface area contributed by atoms with E-state index in [1.54, 1.807) is 48.5 Å². The molecule has 0 saturated heterocycles. The summed E-state index contributed by atoms with van der Waals surface area (Å²) in [6.07, 6.45) is 0. The number of rotatable bonds is 5. The van der Waals surface area contributed by atoms with Gasteiger partial charge >= 0.3 is 0 Å². The Morgan fingerprint density at radius 1 is 1.05 bits per heavy atom. The van der Waals surface area contributed by atoms with Crippen LogP contribution in [0, 0.1) is 0 Å². The summed E-state index contributed by atoms with van der Waals surface area (Å²) >= 11 is 5.80. The highest BCUT2D eigenvalue weighted by Crippen LogP contribution is 2.25. The largest absolute Gasteiger partial charge is 0.384 e. The van der Waals surface area contributed by atoms with Gasteiger partial charge in [0, 0.05) is 5.02 Å². The molecule has 0 bridgehead atoms. The van der Waals surface area contributed by atoms with Crippen LogP contribution in [0.2, 0.25) is 5.02 Å². The van der Waals surface area contributed by atoms with Gasteiger partial charge in [-0.25, -0.2) is 8.42 Å². The Labute approximate surface area is 130 Å². The Balaban J connectivity index is 2.17. The lowest BCUT2D eigenvalue weighted by molar-refractivity contribution is 0.0819. The summed E-state index contributed by atoms with van der Waals surface area (Å²) in [4.78, 5) is 0. The molecule has 5 heteroatoms. The van der Waals surface area contributed by atoms with Crippen molar-refractivity contribution in [1.29, 1.82) is 0 Å². The summed E-state index contributed by atoms with van der Waals surface area (Å²) in [7, 11) is -3.43. The Bertz CT molecular complexity index is 692. The molecular formula is C16H17ClO3S. The molecule has 0 unspecified atom stereocenters. The van der Waals surface area contributed by atoms with Crippen molar-refractivity contribution in [3.63, 3.8) is 0 Å². The maximum atomic E-state index is 12.3. The molecule has 0 saturated carbocycles. The third-order valence-corrected chi connectivity index (χ3v) is 5.22. The van der Waals surface area contributed by atoms with Gasteiger partial charge in [0.15, 0.2) is 9.84 Å². The fourth-order valence-electron chi connectivity index (χ4n) is 2.20. The minimum absolute atomic E-state index is 0.0857. The van der Waals surface area contributed by atoms with Crippen molar-refractivity contribution in [2.75, 3.05) is 5.75 Å². The molecule has 0 spiro atoms. The lowest BCUT2D eigenvalue weighted by atomic mass is 9.98. The monoisotopic (exact) mass is 324 g/mol. The average molecular weight is 325 g/mol. The van der Waals surface area contributed by atoms with Gasteiger partial charge in [0.25, 0.3) is 0 Å². The van der Waals surface area contributed by atoms with E-state index in [-0.39, 0.29) is 11.5 Å². The van der Waals surface area contributed by atoms with Crippen LogP contribution in [-0.2, 0) is 21.2 Å². The standard InChI is InChI=1S/C16H17ClO3S/c1-16(18,14-7-9-15(17)10-8-14)12-21(19,20)11-13-5-3-2-4-6-13/h2-10,18H,11-12H2,1H3/t16-/m0/s1. The maximum Gasteiger partial charge on any atom is 0.157 e. The van der Waals surface area contributed by atoms with E-state index in [0.29, 0.717) is 16.1 Å². The van der Waals surface area contributed by atoms with E-state index in [1.165, 1.54) is 6.92 Å². The molecular weight excluding hydrogens is 308 g/mol. The first-order chi connectivity index (χ1) is 9.78. The first-order valence-corrected chi connectivity index (χ1v) is 8.71. The number of halogens is 1. The molecule has 0 fully saturated rings. The van der Waals surface area contributed by atoms with Crippen molar-refractivity contribution in [2.24, 2.45) is 0 Å². The molecule has 112 valence electrons. The molecule has 0 amide bonds. The van der Waals surface area contributed by atoms with Crippen LogP contribution >= 0.6 is 11.6 Å². The molecule has 2 aromatic carbocycles. The Morgan fingerprint density at radius 3 is 2.19 bits per heavy atom. The molecule has 0 radical (unpaired) electrons. The molecule has 0 aromatic heterocycles. The molecule has 0 aliphatic rings. The molecule has 2 aromatic rings. The van der Waals surface area contributed by atoms with Gasteiger partial charge in [0.2, 0.25) is 0 Å². The summed E-state index contributed by atoms with van der Waals surface area (Å²) in [5.41, 5.74) is -0.203. The SMILES string of the molecule is C[C@](O)(CS(=O)(=O)Cc1ccccc1)c1ccc(Cl)cc1. The van der Waals surface area contributed by atoms with Gasteiger partial charge in [0.1, 0.15) is 5.60 Å². The van der Waals surface area contributed by atoms with Crippen molar-refractivity contribution in [3.05, 3.63) is 70.7 Å². The molecule has 21 heavy (non-hydrogen) atoms. The van der Waals surface area contributed by atoms with Crippen LogP contribution in [0.4, 0.5) is 0 Å². The van der Waals surface area contributed by atoms with E-state index >= 15 is 0 Å². The zero-order valence-corrected chi connectivity index (χ0v) is 13.2. The molecule has 1 atom stereocenters. The van der Waals surface area contributed by atoms with E-state index < -0.39 is 15.4 Å². The van der Waals surface area contributed by atoms with Crippen molar-refractivity contribution < 1.29 is 13.5 Å². The number of aliphatic hydroxyl groups is 1. The third kappa shape index (κ3) is 4.56. The lowest BCUT2D eigenvalue weighted by Gasteiger charge is -2.23. The first-order valence-electron chi connectivity index (χ1n) is 6.51. The van der Waals surface area contributed by atoms with Gasteiger partial charge in [-0.1, -0.05) is 54.1 Å². The Kier molecular flexibility index (Phi) is 4.71. The van der Waals surface area contributed by atoms with Crippen molar-refractivity contribution in [2.45, 2.75) is 18.3 Å². The number of benzene rings is 2. The summed E-state index contributed by atoms with van der Waals surface area (Å²) in [5, 5.41) is 11.0. The number of sulfone groups is 1. The van der Waals surface area contributed by atoms with Crippen molar-refractivity contribution in [1.82, 2.24) is 0 Å². The Hall–Kier alpha value is -1.36. The second-order valence-electron chi connectivity index (χ2n) is 5.30. The van der Waals surface area contributed by atoms with E-state index in [9.17, 15) is 13.5 Å². The third-order valence-electron chi connectivity index (χ3n) is 3.20. The van der Waals surface area contributed by atoms with Gasteiger partial charge in [-0.15, -0.1) is 0 Å². The lowest BCUT2D eigenvalue weighted by Crippen LogP contribution is -2.31. The molecule has 0 aliphatic heterocycles. The van der Waals surface area contributed by atoms with Gasteiger partial charge in [-0.3, -0.25) is 0 Å². The fourth-order valence-corrected chi connectivity index (χ4v) is 4.15. The van der Waals surface area contributed by atoms with Crippen LogP contribution in [0.25, 0.3) is 0 Å². The number of hydrogen-bond donors (Lipinski definition) is 1. The van der Waals surface area contributed by atoms with E-state index in [0.717, 1.165) is 0 Å². The van der Waals surface area contributed by atoms with Crippen LogP contribution in [0.15, 0.2) is 54.6 Å². The predicted octanol–water partition coefficient (Wildman–Crippen LogP) is 3.16. The molecule has 2 rings (SSSR count). The summed E-state index contributed by atoms with van der Waals surface area (Å²) in [5.74, 6) is -0.423. The molecule has 0 heterocycles. The fraction of sp³-hybridized carbons (Fsp3) is 0.250. The Morgan fingerprint density at radius 2 is 1.62 bits per heavy atom. The zero-order valence-electron chi connectivity index (χ0n) is 11.7. The smallest absolute Gasteiger partial charge is 0.157 e. The summed E-state index contributed by atoms with van der Waals surface area (Å²) in [6.45, 7) is 1.50. The highest BCUT2D eigenvalue weighted by Gasteiger charge is 2.30.